The van der Waals surface area contributed by atoms with Gasteiger partial charge in [-0.15, -0.1) is 0 Å². The number of hydrogen-bond donors (Lipinski definition) is 0. The average Bonchev–Trinajstić information content (AvgIpc) is 2.89. The maximum Gasteiger partial charge on any atom is 0.240 e. The summed E-state index contributed by atoms with van der Waals surface area (Å²) in [5.74, 6) is 2.77. The molecule has 0 aliphatic carbocycles. The Balaban J connectivity index is 1.60. The van der Waals surface area contributed by atoms with Crippen LogP contribution in [0, 0.1) is 17.2 Å². The van der Waals surface area contributed by atoms with Gasteiger partial charge in [0.2, 0.25) is 5.89 Å². The number of nitrogens with zero attached hydrogens (tertiary/aromatic N) is 6. The first-order chi connectivity index (χ1) is 12.2. The van der Waals surface area contributed by atoms with Crippen LogP contribution in [0.1, 0.15) is 37.5 Å². The molecule has 7 nitrogen and oxygen atoms in total. The van der Waals surface area contributed by atoms with Gasteiger partial charge in [0.1, 0.15) is 11.9 Å². The maximum atomic E-state index is 9.28. The Labute approximate surface area is 148 Å². The highest BCUT2D eigenvalue weighted by Gasteiger charge is 2.20. The Morgan fingerprint density at radius 3 is 2.96 bits per heavy atom. The summed E-state index contributed by atoms with van der Waals surface area (Å²) >= 11 is 0. The first-order valence-corrected chi connectivity index (χ1v) is 8.79. The van der Waals surface area contributed by atoms with Crippen LogP contribution < -0.4 is 4.90 Å². The van der Waals surface area contributed by atoms with E-state index in [1.807, 2.05) is 6.07 Å². The molecule has 3 heterocycles. The smallest absolute Gasteiger partial charge is 0.240 e. The van der Waals surface area contributed by atoms with Crippen LogP contribution in [-0.4, -0.2) is 46.2 Å². The Morgan fingerprint density at radius 1 is 1.28 bits per heavy atom. The van der Waals surface area contributed by atoms with Crippen molar-refractivity contribution in [1.29, 1.82) is 5.26 Å². The third-order valence-electron chi connectivity index (χ3n) is 4.26. The second-order valence-corrected chi connectivity index (χ2v) is 6.81. The SMILES string of the molecule is CC(C)Cc1noc(CN2CCCN(c3ncccc3C#N)CC2)n1. The molecule has 0 N–H and O–H groups in total. The maximum absolute atomic E-state index is 9.28. The van der Waals surface area contributed by atoms with Crippen LogP contribution in [0.2, 0.25) is 0 Å². The molecule has 0 unspecified atom stereocenters. The zero-order valence-electron chi connectivity index (χ0n) is 14.9. The molecule has 0 amide bonds. The lowest BCUT2D eigenvalue weighted by Crippen LogP contribution is -2.31. The molecule has 2 aromatic rings. The van der Waals surface area contributed by atoms with Crippen molar-refractivity contribution in [2.75, 3.05) is 31.1 Å². The summed E-state index contributed by atoms with van der Waals surface area (Å²) in [5.41, 5.74) is 0.631. The number of nitriles is 1. The summed E-state index contributed by atoms with van der Waals surface area (Å²) in [7, 11) is 0. The lowest BCUT2D eigenvalue weighted by Gasteiger charge is -2.22. The molecule has 1 aliphatic heterocycles. The number of rotatable bonds is 5. The second kappa shape index (κ2) is 8.08. The van der Waals surface area contributed by atoms with Gasteiger partial charge < -0.3 is 9.42 Å². The number of pyridine rings is 1. The molecular formula is C18H24N6O. The molecule has 3 rings (SSSR count). The van der Waals surface area contributed by atoms with Gasteiger partial charge in [-0.05, 0) is 24.5 Å². The quantitative estimate of drug-likeness (QED) is 0.825. The van der Waals surface area contributed by atoms with Gasteiger partial charge in [0.15, 0.2) is 5.82 Å². The van der Waals surface area contributed by atoms with Gasteiger partial charge in [-0.3, -0.25) is 4.90 Å². The first-order valence-electron chi connectivity index (χ1n) is 8.79. The van der Waals surface area contributed by atoms with E-state index in [9.17, 15) is 5.26 Å². The standard InChI is InChI=1S/C18H24N6O/c1-14(2)11-16-21-17(25-22-16)13-23-7-4-8-24(10-9-23)18-15(12-19)5-3-6-20-18/h3,5-6,14H,4,7-11,13H2,1-2H3. The van der Waals surface area contributed by atoms with E-state index in [4.69, 9.17) is 4.52 Å². The molecule has 0 spiro atoms. The topological polar surface area (TPSA) is 82.1 Å². The van der Waals surface area contributed by atoms with Crippen LogP contribution in [0.3, 0.4) is 0 Å². The van der Waals surface area contributed by atoms with Crippen LogP contribution >= 0.6 is 0 Å². The molecule has 1 fully saturated rings. The number of anilines is 1. The van der Waals surface area contributed by atoms with E-state index in [1.165, 1.54) is 0 Å². The summed E-state index contributed by atoms with van der Waals surface area (Å²) in [6.07, 6.45) is 3.59. The fourth-order valence-electron chi connectivity index (χ4n) is 3.07. The minimum Gasteiger partial charge on any atom is -0.354 e. The van der Waals surface area contributed by atoms with Crippen molar-refractivity contribution in [2.45, 2.75) is 33.2 Å². The normalized spacial score (nSPS) is 16.0. The van der Waals surface area contributed by atoms with Crippen molar-refractivity contribution in [3.05, 3.63) is 35.6 Å². The predicted molar refractivity (Wildman–Crippen MR) is 93.9 cm³/mol. The molecule has 7 heteroatoms. The van der Waals surface area contributed by atoms with Crippen LogP contribution in [0.4, 0.5) is 5.82 Å². The lowest BCUT2D eigenvalue weighted by molar-refractivity contribution is 0.239. The lowest BCUT2D eigenvalue weighted by atomic mass is 10.1. The average molecular weight is 340 g/mol. The molecule has 0 atom stereocenters. The summed E-state index contributed by atoms with van der Waals surface area (Å²) in [4.78, 5) is 13.4. The second-order valence-electron chi connectivity index (χ2n) is 6.81. The van der Waals surface area contributed by atoms with Gasteiger partial charge in [0.05, 0.1) is 12.1 Å². The number of aromatic nitrogens is 3. The van der Waals surface area contributed by atoms with E-state index in [0.29, 0.717) is 23.9 Å². The van der Waals surface area contributed by atoms with E-state index < -0.39 is 0 Å². The molecule has 0 aromatic carbocycles. The van der Waals surface area contributed by atoms with Crippen molar-refractivity contribution in [3.8, 4) is 6.07 Å². The Hall–Kier alpha value is -2.46. The summed E-state index contributed by atoms with van der Waals surface area (Å²) < 4.78 is 5.39. The monoisotopic (exact) mass is 340 g/mol. The van der Waals surface area contributed by atoms with Crippen molar-refractivity contribution in [2.24, 2.45) is 5.92 Å². The fourth-order valence-corrected chi connectivity index (χ4v) is 3.07. The van der Waals surface area contributed by atoms with E-state index in [1.54, 1.807) is 12.3 Å². The Kier molecular flexibility index (Phi) is 5.61. The largest absolute Gasteiger partial charge is 0.354 e. The van der Waals surface area contributed by atoms with E-state index in [-0.39, 0.29) is 0 Å². The third-order valence-corrected chi connectivity index (χ3v) is 4.26. The molecule has 1 saturated heterocycles. The zero-order valence-corrected chi connectivity index (χ0v) is 14.9. The van der Waals surface area contributed by atoms with Gasteiger partial charge >= 0.3 is 0 Å². The highest BCUT2D eigenvalue weighted by atomic mass is 16.5. The molecule has 0 radical (unpaired) electrons. The Morgan fingerprint density at radius 2 is 2.16 bits per heavy atom. The van der Waals surface area contributed by atoms with Gasteiger partial charge in [-0.2, -0.15) is 10.2 Å². The summed E-state index contributed by atoms with van der Waals surface area (Å²) in [5, 5.41) is 13.3. The zero-order chi connectivity index (χ0) is 17.6. The molecule has 2 aromatic heterocycles. The molecule has 132 valence electrons. The van der Waals surface area contributed by atoms with Gasteiger partial charge in [-0.1, -0.05) is 19.0 Å². The van der Waals surface area contributed by atoms with Crippen LogP contribution in [-0.2, 0) is 13.0 Å². The van der Waals surface area contributed by atoms with Crippen molar-refractivity contribution >= 4 is 5.82 Å². The first kappa shape index (κ1) is 17.4. The molecule has 25 heavy (non-hydrogen) atoms. The fraction of sp³-hybridized carbons (Fsp3) is 0.556. The molecule has 1 aliphatic rings. The van der Waals surface area contributed by atoms with Gasteiger partial charge in [0, 0.05) is 38.8 Å². The minimum absolute atomic E-state index is 0.518. The molecule has 0 bridgehead atoms. The van der Waals surface area contributed by atoms with E-state index in [2.05, 4.69) is 44.8 Å². The number of hydrogen-bond acceptors (Lipinski definition) is 7. The summed E-state index contributed by atoms with van der Waals surface area (Å²) in [6.45, 7) is 8.53. The van der Waals surface area contributed by atoms with Crippen LogP contribution in [0.15, 0.2) is 22.9 Å². The molecule has 0 saturated carbocycles. The van der Waals surface area contributed by atoms with Gasteiger partial charge in [0.25, 0.3) is 0 Å². The van der Waals surface area contributed by atoms with Crippen molar-refractivity contribution < 1.29 is 4.52 Å². The summed E-state index contributed by atoms with van der Waals surface area (Å²) in [6, 6.07) is 5.85. The predicted octanol–water partition coefficient (Wildman–Crippen LogP) is 2.25. The minimum atomic E-state index is 0.518. The van der Waals surface area contributed by atoms with Crippen molar-refractivity contribution in [1.82, 2.24) is 20.0 Å². The van der Waals surface area contributed by atoms with Gasteiger partial charge in [-0.25, -0.2) is 4.98 Å². The van der Waals surface area contributed by atoms with Crippen LogP contribution in [0.25, 0.3) is 0 Å². The molecular weight excluding hydrogens is 316 g/mol. The highest BCUT2D eigenvalue weighted by molar-refractivity contribution is 5.53. The third kappa shape index (κ3) is 4.54. The van der Waals surface area contributed by atoms with Crippen LogP contribution in [0.5, 0.6) is 0 Å². The van der Waals surface area contributed by atoms with E-state index in [0.717, 1.165) is 50.7 Å². The van der Waals surface area contributed by atoms with E-state index >= 15 is 0 Å². The van der Waals surface area contributed by atoms with Crippen molar-refractivity contribution in [3.63, 3.8) is 0 Å². The highest BCUT2D eigenvalue weighted by Crippen LogP contribution is 2.18. The Bertz CT molecular complexity index is 735.